The fourth-order valence-corrected chi connectivity index (χ4v) is 30.6. The highest BCUT2D eigenvalue weighted by atomic mass is 32.2. The summed E-state index contributed by atoms with van der Waals surface area (Å²) < 4.78 is 48.1. The van der Waals surface area contributed by atoms with Crippen molar-refractivity contribution in [1.82, 2.24) is 20.4 Å². The smallest absolute Gasteiger partial charge is 0.303 e. The molecule has 4 N–H and O–H groups in total. The first kappa shape index (κ1) is 77.9. The van der Waals surface area contributed by atoms with Crippen molar-refractivity contribution in [2.45, 2.75) is 276 Å². The fraction of sp³-hybridized carbons (Fsp3) is 0.882. The number of fused-ring (bicyclic) bond motifs is 14. The summed E-state index contributed by atoms with van der Waals surface area (Å²) in [5, 5.41) is 27.3. The number of sulfone groups is 2. The fourth-order valence-electron chi connectivity index (χ4n) is 28.1. The predicted octanol–water partition coefficient (Wildman–Crippen LogP) is 16.5. The van der Waals surface area contributed by atoms with Crippen LogP contribution in [0.25, 0.3) is 0 Å². The number of carbonyl (C=O) groups excluding carboxylic acids is 1. The summed E-state index contributed by atoms with van der Waals surface area (Å²) in [7, 11) is -5.71. The van der Waals surface area contributed by atoms with E-state index in [9.17, 15) is 36.6 Å². The van der Waals surface area contributed by atoms with Crippen LogP contribution in [0.3, 0.4) is 0 Å². The number of allylic oxidation sites excluding steroid dienone is 6. The number of hydrogen-bond donors (Lipinski definition) is 4. The molecule has 12 aliphatic rings. The van der Waals surface area contributed by atoms with E-state index in [0.29, 0.717) is 136 Å². The molecule has 12 rings (SSSR count). The molecule has 2 aliphatic heterocycles. The van der Waals surface area contributed by atoms with E-state index < -0.39 is 25.6 Å². The molecule has 0 radical (unpaired) electrons. The van der Waals surface area contributed by atoms with Crippen LogP contribution in [0.5, 0.6) is 0 Å². The molecule has 0 aromatic heterocycles. The summed E-state index contributed by atoms with van der Waals surface area (Å²) in [4.78, 5) is 28.3. The number of nitrogens with one attached hydrogen (secondary N) is 2. The van der Waals surface area contributed by atoms with Crippen LogP contribution in [-0.4, -0.2) is 142 Å². The zero-order valence-corrected chi connectivity index (χ0v) is 67.2. The Hall–Kier alpha value is -2.20. The average molecular weight is 1410 g/mol. The number of aliphatic hydroxyl groups excluding tert-OH is 1. The van der Waals surface area contributed by atoms with Gasteiger partial charge in [0.15, 0.2) is 25.5 Å². The van der Waals surface area contributed by atoms with Crippen LogP contribution in [0.1, 0.15) is 265 Å². The van der Waals surface area contributed by atoms with Crippen LogP contribution in [0.2, 0.25) is 0 Å². The van der Waals surface area contributed by atoms with E-state index in [4.69, 9.17) is 0 Å². The summed E-state index contributed by atoms with van der Waals surface area (Å²) in [6, 6.07) is 0. The largest absolute Gasteiger partial charge is 0.481 e. The van der Waals surface area contributed by atoms with E-state index in [0.717, 1.165) is 58.3 Å². The molecule has 12 nitrogen and oxygen atoms in total. The van der Waals surface area contributed by atoms with E-state index in [-0.39, 0.29) is 62.4 Å². The Bertz CT molecular complexity index is 3320. The van der Waals surface area contributed by atoms with Gasteiger partial charge in [-0.05, 0) is 268 Å². The number of hydrogen-bond acceptors (Lipinski definition) is 11. The van der Waals surface area contributed by atoms with Crippen molar-refractivity contribution in [2.24, 2.45) is 113 Å². The lowest BCUT2D eigenvalue weighted by atomic mass is 9.33. The van der Waals surface area contributed by atoms with Gasteiger partial charge in [-0.25, -0.2) is 16.8 Å². The SMILES string of the molecule is C=C(C)[C@@H]1CC[C@]2(NCCN3CCS(=O)(=O)CC3)CC[C@]3(C)[C@H](CC[C@@H]4[C@@]5(C)CC=C(CCC(C)(C)CC(=O)CO)C(C)(C)[C@@H]5CC[C@]43C)[C@@H]12.C=C(C)[C@@H]1CC[C@]2(NCCN3CCS(=O)(=O)CC3)CC[C@]3(C)[C@H](CC[C@@H]4[C@@]5(C)CC=C(CCC(C)(C)CC(=O)O)C(C)(C)[C@@H]5CC[C@]43C)[C@@H]12. The van der Waals surface area contributed by atoms with E-state index >= 15 is 0 Å². The molecule has 10 fully saturated rings. The van der Waals surface area contributed by atoms with Gasteiger partial charge in [0.05, 0.1) is 29.4 Å². The van der Waals surface area contributed by atoms with Gasteiger partial charge in [0.25, 0.3) is 0 Å². The van der Waals surface area contributed by atoms with Crippen LogP contribution in [0.15, 0.2) is 47.6 Å². The van der Waals surface area contributed by atoms with E-state index in [1.165, 1.54) is 120 Å². The second kappa shape index (κ2) is 27.5. The standard InChI is InChI=1S/C43H72N2O4S.C42H70N2O4S/c1-30(2)33-14-19-43(44-22-23-45-24-26-50(48,49)27-25-45)21-20-41(8)34(37(33)43)10-11-36-40(7)17-13-31(12-16-38(3,4)28-32(47)29-46)39(5,6)35(40)15-18-42(36,41)9;1-29(2)31-14-19-42(43-22-23-44-24-26-49(47,48)27-25-44)21-20-40(8)32(36(31)42)10-11-34-39(7)17-13-30(12-16-37(3,4)28-35(45)46)38(5,6)33(39)15-18-41(34,40)9/h13,33-37,44,46H,1,10-12,14-29H2,2-9H3;13,31-34,36,43H,1,10-12,14-28H2,2-9H3,(H,45,46)/t33-,34+,35-,36+,37+,40-,41+,42+,43-;31-,32+,33-,34+,36+,39-,40+,41+,42-/m00/s1. The highest BCUT2D eigenvalue weighted by Crippen LogP contribution is 2.79. The molecule has 0 bridgehead atoms. The number of carboxylic acids is 1. The third-order valence-electron chi connectivity index (χ3n) is 33.9. The number of aliphatic carboxylic acids is 1. The van der Waals surface area contributed by atoms with Crippen molar-refractivity contribution in [2.75, 3.05) is 82.0 Å². The van der Waals surface area contributed by atoms with Crippen molar-refractivity contribution < 1.29 is 36.6 Å². The molecule has 0 aromatic rings. The molecular weight excluding hydrogens is 1270 g/mol. The van der Waals surface area contributed by atoms with Crippen molar-refractivity contribution in [3.8, 4) is 0 Å². The molecule has 14 heteroatoms. The van der Waals surface area contributed by atoms with Gasteiger partial charge in [-0.15, -0.1) is 0 Å². The first-order valence-corrected chi connectivity index (χ1v) is 44.0. The van der Waals surface area contributed by atoms with Crippen molar-refractivity contribution >= 4 is 31.4 Å². The summed E-state index contributed by atoms with van der Waals surface area (Å²) >= 11 is 0. The van der Waals surface area contributed by atoms with Gasteiger partial charge in [0, 0.05) is 69.9 Å². The Kier molecular flexibility index (Phi) is 21.7. The molecule has 10 aliphatic carbocycles. The summed E-state index contributed by atoms with van der Waals surface area (Å²) in [6.07, 6.45) is 32.8. The second-order valence-electron chi connectivity index (χ2n) is 40.6. The Balaban J connectivity index is 0.000000200. The molecule has 8 saturated carbocycles. The van der Waals surface area contributed by atoms with Gasteiger partial charge in [0.1, 0.15) is 6.61 Å². The number of carbonyl (C=O) groups is 2. The minimum Gasteiger partial charge on any atom is -0.481 e. The molecule has 0 unspecified atom stereocenters. The Labute approximate surface area is 603 Å². The lowest BCUT2D eigenvalue weighted by molar-refractivity contribution is -0.221. The van der Waals surface area contributed by atoms with Crippen LogP contribution < -0.4 is 10.6 Å². The third kappa shape index (κ3) is 14.0. The van der Waals surface area contributed by atoms with Gasteiger partial charge in [0.2, 0.25) is 0 Å². The number of ketones is 1. The molecule has 0 amide bonds. The Morgan fingerprint density at radius 3 is 1.24 bits per heavy atom. The molecule has 2 heterocycles. The van der Waals surface area contributed by atoms with Crippen molar-refractivity contribution in [3.05, 3.63) is 47.6 Å². The quantitative estimate of drug-likeness (QED) is 0.0803. The van der Waals surface area contributed by atoms with Gasteiger partial charge >= 0.3 is 5.97 Å². The minimum atomic E-state index is -2.86. The Morgan fingerprint density at radius 2 is 0.889 bits per heavy atom. The number of rotatable bonds is 21. The van der Waals surface area contributed by atoms with Crippen molar-refractivity contribution in [1.29, 1.82) is 0 Å². The average Bonchev–Trinajstić information content (AvgIpc) is 1.58. The van der Waals surface area contributed by atoms with Crippen LogP contribution in [0.4, 0.5) is 0 Å². The van der Waals surface area contributed by atoms with Gasteiger partial charge in [-0.1, -0.05) is 145 Å². The molecule has 2 saturated heterocycles. The second-order valence-corrected chi connectivity index (χ2v) is 45.2. The lowest BCUT2D eigenvalue weighted by Gasteiger charge is -2.72. The number of nitrogens with zero attached hydrogens (tertiary/aromatic N) is 2. The maximum atomic E-state index is 12.1. The van der Waals surface area contributed by atoms with Gasteiger partial charge < -0.3 is 30.6 Å². The zero-order chi connectivity index (χ0) is 72.4. The first-order chi connectivity index (χ1) is 45.9. The Morgan fingerprint density at radius 1 is 0.515 bits per heavy atom. The van der Waals surface area contributed by atoms with E-state index in [1.54, 1.807) is 11.1 Å². The molecule has 0 spiro atoms. The maximum Gasteiger partial charge on any atom is 0.303 e. The highest BCUT2D eigenvalue weighted by Gasteiger charge is 2.73. The maximum absolute atomic E-state index is 12.1. The topological polar surface area (TPSA) is 173 Å². The van der Waals surface area contributed by atoms with Gasteiger partial charge in [-0.3, -0.25) is 9.59 Å². The molecule has 562 valence electrons. The van der Waals surface area contributed by atoms with Crippen LogP contribution in [0, 0.1) is 113 Å². The molecule has 0 aromatic carbocycles. The molecular formula is C85H142N4O8S2. The van der Waals surface area contributed by atoms with Crippen LogP contribution >= 0.6 is 0 Å². The normalized spacial score (nSPS) is 42.7. The van der Waals surface area contributed by atoms with Gasteiger partial charge in [-0.2, -0.15) is 0 Å². The lowest BCUT2D eigenvalue weighted by Crippen LogP contribution is -2.68. The minimum absolute atomic E-state index is 0.0463. The van der Waals surface area contributed by atoms with E-state index in [2.05, 4.69) is 157 Å². The summed E-state index contributed by atoms with van der Waals surface area (Å²) in [5.41, 5.74) is 8.03. The third-order valence-corrected chi connectivity index (χ3v) is 37.2. The number of Topliss-reactive ketones (excluding diaryl/α,β-unsaturated/α-hetero) is 1. The highest BCUT2D eigenvalue weighted by molar-refractivity contribution is 7.91. The predicted molar refractivity (Wildman–Crippen MR) is 407 cm³/mol. The summed E-state index contributed by atoms with van der Waals surface area (Å²) in [6.45, 7) is 54.8. The van der Waals surface area contributed by atoms with E-state index in [1.807, 2.05) is 0 Å². The molecule has 18 atom stereocenters. The molecule has 99 heavy (non-hydrogen) atoms. The zero-order valence-electron chi connectivity index (χ0n) is 65.6. The summed E-state index contributed by atoms with van der Waals surface area (Å²) in [5.74, 6) is 7.02. The number of carboxylic acid groups (broad SMARTS) is 1. The van der Waals surface area contributed by atoms with Crippen molar-refractivity contribution in [3.63, 3.8) is 0 Å². The number of aliphatic hydroxyl groups is 1. The monoisotopic (exact) mass is 1410 g/mol. The first-order valence-electron chi connectivity index (χ1n) is 40.3. The van der Waals surface area contributed by atoms with Crippen LogP contribution in [-0.2, 0) is 29.3 Å².